The Kier molecular flexibility index (Phi) is 6.36. The Morgan fingerprint density at radius 2 is 2.00 bits per heavy atom. The molecule has 6 nitrogen and oxygen atoms in total. The van der Waals surface area contributed by atoms with Crippen molar-refractivity contribution < 1.29 is 22.2 Å². The summed E-state index contributed by atoms with van der Waals surface area (Å²) in [7, 11) is -0.108. The molecule has 10 heteroatoms. The number of amides is 1. The first-order chi connectivity index (χ1) is 11.7. The van der Waals surface area contributed by atoms with Gasteiger partial charge in [-0.15, -0.1) is 0 Å². The van der Waals surface area contributed by atoms with E-state index in [0.29, 0.717) is 6.07 Å². The summed E-state index contributed by atoms with van der Waals surface area (Å²) >= 11 is 0. The molecule has 1 N–H and O–H groups in total. The molecule has 140 valence electrons. The Morgan fingerprint density at radius 3 is 2.60 bits per heavy atom. The van der Waals surface area contributed by atoms with Crippen LogP contribution in [0.2, 0.25) is 0 Å². The summed E-state index contributed by atoms with van der Waals surface area (Å²) < 4.78 is 50.1. The maximum Gasteiger partial charge on any atom is 0.433 e. The van der Waals surface area contributed by atoms with Gasteiger partial charge in [-0.1, -0.05) is 19.3 Å². The molecule has 1 aromatic rings. The van der Waals surface area contributed by atoms with Crippen LogP contribution in [0.15, 0.2) is 10.9 Å². The fourth-order valence-electron chi connectivity index (χ4n) is 2.84. The van der Waals surface area contributed by atoms with Crippen molar-refractivity contribution in [3.05, 3.63) is 27.9 Å². The lowest BCUT2D eigenvalue weighted by Crippen LogP contribution is -2.40. The van der Waals surface area contributed by atoms with Crippen LogP contribution in [0, 0.1) is 0 Å². The zero-order chi connectivity index (χ0) is 18.6. The van der Waals surface area contributed by atoms with E-state index in [1.165, 1.54) is 0 Å². The number of aromatic nitrogens is 2. The molecule has 1 saturated carbocycles. The highest BCUT2D eigenvalue weighted by molar-refractivity contribution is 7.84. The number of nitrogens with zero attached hydrogens (tertiary/aromatic N) is 2. The van der Waals surface area contributed by atoms with Gasteiger partial charge in [0.05, 0.1) is 5.75 Å². The zero-order valence-corrected chi connectivity index (χ0v) is 14.6. The largest absolute Gasteiger partial charge is 0.433 e. The molecule has 0 spiro atoms. The lowest BCUT2D eigenvalue weighted by Gasteiger charge is -2.31. The van der Waals surface area contributed by atoms with Crippen molar-refractivity contribution in [1.29, 1.82) is 0 Å². The minimum Gasteiger partial charge on any atom is -0.342 e. The van der Waals surface area contributed by atoms with Gasteiger partial charge in [-0.25, -0.2) is 4.98 Å². The predicted molar refractivity (Wildman–Crippen MR) is 86.2 cm³/mol. The smallest absolute Gasteiger partial charge is 0.342 e. The van der Waals surface area contributed by atoms with Gasteiger partial charge in [-0.05, 0) is 12.8 Å². The first-order valence-electron chi connectivity index (χ1n) is 7.95. The van der Waals surface area contributed by atoms with Crippen LogP contribution in [-0.4, -0.2) is 43.8 Å². The van der Waals surface area contributed by atoms with Crippen molar-refractivity contribution in [2.75, 3.05) is 12.8 Å². The van der Waals surface area contributed by atoms with E-state index in [2.05, 4.69) is 9.97 Å². The number of nitrogens with one attached hydrogen (secondary N) is 1. The van der Waals surface area contributed by atoms with E-state index in [0.717, 1.165) is 32.1 Å². The summed E-state index contributed by atoms with van der Waals surface area (Å²) in [6, 6.07) is 0.457. The van der Waals surface area contributed by atoms with E-state index in [1.807, 2.05) is 0 Å². The summed E-state index contributed by atoms with van der Waals surface area (Å²) in [4.78, 5) is 30.5. The van der Waals surface area contributed by atoms with Crippen molar-refractivity contribution in [2.45, 2.75) is 50.1 Å². The highest BCUT2D eigenvalue weighted by Crippen LogP contribution is 2.26. The Bertz CT molecular complexity index is 699. The number of carbonyl (C=O) groups excluding carboxylic acids is 1. The highest BCUT2D eigenvalue weighted by atomic mass is 32.2. The summed E-state index contributed by atoms with van der Waals surface area (Å²) in [6.45, 7) is 0. The monoisotopic (exact) mass is 379 g/mol. The van der Waals surface area contributed by atoms with Crippen LogP contribution < -0.4 is 5.56 Å². The predicted octanol–water partition coefficient (Wildman–Crippen LogP) is 1.83. The molecule has 0 bridgehead atoms. The highest BCUT2D eigenvalue weighted by Gasteiger charge is 2.33. The minimum absolute atomic E-state index is 0.115. The van der Waals surface area contributed by atoms with Gasteiger partial charge in [-0.3, -0.25) is 13.8 Å². The summed E-state index contributed by atoms with van der Waals surface area (Å²) in [5, 5.41) is 0. The van der Waals surface area contributed by atoms with Crippen molar-refractivity contribution in [3.8, 4) is 0 Å². The van der Waals surface area contributed by atoms with Crippen molar-refractivity contribution in [2.24, 2.45) is 0 Å². The Hall–Kier alpha value is -1.71. The fourth-order valence-corrected chi connectivity index (χ4v) is 3.86. The zero-order valence-electron chi connectivity index (χ0n) is 13.8. The molecule has 1 aromatic heterocycles. The minimum atomic E-state index is -4.76. The summed E-state index contributed by atoms with van der Waals surface area (Å²) in [5.41, 5.74) is -2.31. The first kappa shape index (κ1) is 19.6. The number of rotatable bonds is 5. The molecule has 1 aliphatic rings. The number of hydrogen-bond acceptors (Lipinski definition) is 4. The van der Waals surface area contributed by atoms with Gasteiger partial charge in [0.15, 0.2) is 5.69 Å². The molecule has 1 amide bonds. The van der Waals surface area contributed by atoms with Gasteiger partial charge >= 0.3 is 6.18 Å². The van der Waals surface area contributed by atoms with Gasteiger partial charge in [0.2, 0.25) is 5.91 Å². The third-order valence-corrected chi connectivity index (χ3v) is 5.34. The summed E-state index contributed by atoms with van der Waals surface area (Å²) in [6.07, 6.45) is 0.261. The van der Waals surface area contributed by atoms with Crippen molar-refractivity contribution in [1.82, 2.24) is 14.9 Å². The van der Waals surface area contributed by atoms with Crippen LogP contribution in [0.1, 0.15) is 43.6 Å². The SMILES string of the molecule is CN(C(=O)CS(=O)Cc1nc(C(F)(F)F)cc(=O)[nH]1)C1CCCCC1. The van der Waals surface area contributed by atoms with Crippen LogP contribution in [0.25, 0.3) is 0 Å². The van der Waals surface area contributed by atoms with Crippen LogP contribution >= 0.6 is 0 Å². The lowest BCUT2D eigenvalue weighted by atomic mass is 9.94. The molecule has 1 aliphatic carbocycles. The molecular weight excluding hydrogens is 359 g/mol. The van der Waals surface area contributed by atoms with Crippen LogP contribution in [0.5, 0.6) is 0 Å². The molecule has 1 heterocycles. The molecule has 1 unspecified atom stereocenters. The van der Waals surface area contributed by atoms with Crippen LogP contribution in [-0.2, 0) is 27.5 Å². The Balaban J connectivity index is 1.99. The number of aromatic amines is 1. The van der Waals surface area contributed by atoms with Crippen molar-refractivity contribution in [3.63, 3.8) is 0 Å². The van der Waals surface area contributed by atoms with Gasteiger partial charge in [0, 0.05) is 30.0 Å². The molecule has 25 heavy (non-hydrogen) atoms. The van der Waals surface area contributed by atoms with Gasteiger partial charge in [0.25, 0.3) is 5.56 Å². The lowest BCUT2D eigenvalue weighted by molar-refractivity contribution is -0.141. The third kappa shape index (κ3) is 5.65. The second-order valence-corrected chi connectivity index (χ2v) is 7.56. The normalized spacial score (nSPS) is 17.3. The maximum atomic E-state index is 12.7. The molecule has 0 saturated heterocycles. The third-order valence-electron chi connectivity index (χ3n) is 4.18. The molecule has 1 fully saturated rings. The second kappa shape index (κ2) is 8.11. The number of carbonyl (C=O) groups is 1. The Morgan fingerprint density at radius 1 is 1.36 bits per heavy atom. The van der Waals surface area contributed by atoms with Crippen molar-refractivity contribution >= 4 is 16.7 Å². The van der Waals surface area contributed by atoms with E-state index in [4.69, 9.17) is 0 Å². The number of halogens is 3. The van der Waals surface area contributed by atoms with Crippen LogP contribution in [0.3, 0.4) is 0 Å². The maximum absolute atomic E-state index is 12.7. The molecular formula is C15H20F3N3O3S. The van der Waals surface area contributed by atoms with Gasteiger partial charge < -0.3 is 9.88 Å². The second-order valence-electron chi connectivity index (χ2n) is 6.10. The summed E-state index contributed by atoms with van der Waals surface area (Å²) in [5.74, 6) is -1.39. The van der Waals surface area contributed by atoms with E-state index in [-0.39, 0.29) is 23.5 Å². The molecule has 0 radical (unpaired) electrons. The Labute approximate surface area is 145 Å². The van der Waals surface area contributed by atoms with E-state index in [9.17, 15) is 27.0 Å². The van der Waals surface area contributed by atoms with E-state index >= 15 is 0 Å². The topological polar surface area (TPSA) is 83.1 Å². The molecule has 1 atom stereocenters. The fraction of sp³-hybridized carbons (Fsp3) is 0.667. The quantitative estimate of drug-likeness (QED) is 0.846. The van der Waals surface area contributed by atoms with Crippen LogP contribution in [0.4, 0.5) is 13.2 Å². The van der Waals surface area contributed by atoms with E-state index < -0.39 is 34.0 Å². The van der Waals surface area contributed by atoms with E-state index in [1.54, 1.807) is 11.9 Å². The van der Waals surface area contributed by atoms with Gasteiger partial charge in [-0.2, -0.15) is 13.2 Å². The number of hydrogen-bond donors (Lipinski definition) is 1. The standard InChI is InChI=1S/C15H20F3N3O3S/c1-21(10-5-3-2-4-6-10)14(23)9-25(24)8-12-19-11(15(16,17)18)7-13(22)20-12/h7,10H,2-6,8-9H2,1H3,(H,19,20,22). The number of alkyl halides is 3. The average molecular weight is 379 g/mol. The average Bonchev–Trinajstić information content (AvgIpc) is 2.53. The molecule has 0 aliphatic heterocycles. The molecule has 2 rings (SSSR count). The number of H-pyrrole nitrogens is 1. The molecule has 0 aromatic carbocycles. The van der Waals surface area contributed by atoms with Gasteiger partial charge in [0.1, 0.15) is 11.6 Å². The first-order valence-corrected chi connectivity index (χ1v) is 9.43.